The number of rotatable bonds is 0. The Morgan fingerprint density at radius 3 is 2.44 bits per heavy atom. The van der Waals surface area contributed by atoms with Crippen LogP contribution in [0.15, 0.2) is 11.8 Å². The van der Waals surface area contributed by atoms with Gasteiger partial charge >= 0.3 is 6.09 Å². The Bertz CT molecular complexity index is 194. The van der Waals surface area contributed by atoms with Crippen molar-refractivity contribution in [3.8, 4) is 0 Å². The van der Waals surface area contributed by atoms with E-state index in [0.29, 0.717) is 0 Å². The highest BCUT2D eigenvalue weighted by Gasteiger charge is 2.24. The molecule has 4 nitrogen and oxygen atoms in total. The fourth-order valence-electron chi connectivity index (χ4n) is 0.516. The van der Waals surface area contributed by atoms with Crippen LogP contribution in [0.4, 0.5) is 4.79 Å². The van der Waals surface area contributed by atoms with E-state index < -0.39 is 12.0 Å². The molecule has 1 aliphatic heterocycles. The van der Waals surface area contributed by atoms with Crippen molar-refractivity contribution in [2.45, 2.75) is 6.92 Å². The van der Waals surface area contributed by atoms with Crippen LogP contribution in [0.25, 0.3) is 0 Å². The third-order valence-corrected chi connectivity index (χ3v) is 0.904. The number of nitrogens with one attached hydrogen (secondary N) is 1. The van der Waals surface area contributed by atoms with Gasteiger partial charge in [-0.05, 0) is 13.0 Å². The number of ether oxygens (including phenoxy) is 1. The van der Waals surface area contributed by atoms with Crippen LogP contribution in [0, 0.1) is 0 Å². The molecule has 1 fully saturated rings. The van der Waals surface area contributed by atoms with E-state index in [9.17, 15) is 9.59 Å². The Morgan fingerprint density at radius 1 is 1.56 bits per heavy atom. The first kappa shape index (κ1) is 5.81. The smallest absolute Gasteiger partial charge is 0.404 e. The number of alkyl carbamates (subject to hydrolysis) is 1. The first-order valence-electron chi connectivity index (χ1n) is 2.43. The van der Waals surface area contributed by atoms with E-state index in [2.05, 4.69) is 4.74 Å². The van der Waals surface area contributed by atoms with Gasteiger partial charge < -0.3 is 4.74 Å². The lowest BCUT2D eigenvalue weighted by molar-refractivity contribution is -0.116. The Balaban J connectivity index is 2.81. The van der Waals surface area contributed by atoms with E-state index in [1.165, 1.54) is 6.08 Å². The lowest BCUT2D eigenvalue weighted by Crippen LogP contribution is -2.18. The molecule has 0 spiro atoms. The third kappa shape index (κ3) is 0.910. The summed E-state index contributed by atoms with van der Waals surface area (Å²) in [7, 11) is 0. The minimum Gasteiger partial charge on any atom is -0.404 e. The molecule has 4 heteroatoms. The summed E-state index contributed by atoms with van der Waals surface area (Å²) >= 11 is 0. The molecule has 0 unspecified atom stereocenters. The second-order valence-corrected chi connectivity index (χ2v) is 1.50. The highest BCUT2D eigenvalue weighted by molar-refractivity contribution is 6.07. The molecule has 0 saturated carbocycles. The number of cyclic esters (lactones) is 1. The molecule has 1 N–H and O–H groups in total. The summed E-state index contributed by atoms with van der Waals surface area (Å²) in [5, 5.41) is 1.95. The molecular formula is C5H5NO3. The van der Waals surface area contributed by atoms with Crippen LogP contribution in [0.5, 0.6) is 0 Å². The van der Waals surface area contributed by atoms with Gasteiger partial charge in [-0.15, -0.1) is 0 Å². The Hall–Kier alpha value is -1.32. The fourth-order valence-corrected chi connectivity index (χ4v) is 0.516. The van der Waals surface area contributed by atoms with E-state index in [1.807, 2.05) is 5.32 Å². The Morgan fingerprint density at radius 2 is 2.22 bits per heavy atom. The maximum absolute atomic E-state index is 10.5. The van der Waals surface area contributed by atoms with Crippen molar-refractivity contribution in [3.05, 3.63) is 11.8 Å². The zero-order valence-electron chi connectivity index (χ0n) is 4.80. The number of carbonyl (C=O) groups excluding carboxylic acids is 2. The molecule has 0 bridgehead atoms. The van der Waals surface area contributed by atoms with Gasteiger partial charge in [-0.25, -0.2) is 4.79 Å². The van der Waals surface area contributed by atoms with E-state index in [4.69, 9.17) is 0 Å². The van der Waals surface area contributed by atoms with Crippen LogP contribution >= 0.6 is 0 Å². The predicted octanol–water partition coefficient (Wildman–Crippen LogP) is 0.157. The molecule has 1 heterocycles. The summed E-state index contributed by atoms with van der Waals surface area (Å²) < 4.78 is 4.38. The SMILES string of the molecule is C/C=C1\OC(=O)NC1=O. The van der Waals surface area contributed by atoms with Gasteiger partial charge in [0.2, 0.25) is 0 Å². The molecule has 1 rings (SSSR count). The minimum absolute atomic E-state index is 0.0694. The third-order valence-electron chi connectivity index (χ3n) is 0.904. The first-order valence-corrected chi connectivity index (χ1v) is 2.43. The van der Waals surface area contributed by atoms with Crippen molar-refractivity contribution >= 4 is 12.0 Å². The first-order chi connectivity index (χ1) is 4.24. The molecular weight excluding hydrogens is 122 g/mol. The molecule has 0 aromatic carbocycles. The Labute approximate surface area is 51.5 Å². The maximum Gasteiger partial charge on any atom is 0.419 e. The molecule has 2 amide bonds. The summed E-state index contributed by atoms with van der Waals surface area (Å²) in [6.07, 6.45) is 0.730. The van der Waals surface area contributed by atoms with Gasteiger partial charge in [0.05, 0.1) is 0 Å². The maximum atomic E-state index is 10.5. The number of hydrogen-bond acceptors (Lipinski definition) is 3. The van der Waals surface area contributed by atoms with Crippen molar-refractivity contribution < 1.29 is 14.3 Å². The lowest BCUT2D eigenvalue weighted by atomic mass is 10.4. The minimum atomic E-state index is -0.701. The van der Waals surface area contributed by atoms with Gasteiger partial charge in [-0.2, -0.15) is 0 Å². The molecule has 0 aromatic rings. The molecule has 0 aliphatic carbocycles. The summed E-state index contributed by atoms with van der Waals surface area (Å²) in [5.74, 6) is -0.400. The van der Waals surface area contributed by atoms with E-state index in [1.54, 1.807) is 6.92 Å². The van der Waals surface area contributed by atoms with Crippen molar-refractivity contribution in [2.24, 2.45) is 0 Å². The van der Waals surface area contributed by atoms with Gasteiger partial charge in [0.25, 0.3) is 5.91 Å². The van der Waals surface area contributed by atoms with Crippen LogP contribution in [-0.4, -0.2) is 12.0 Å². The zero-order chi connectivity index (χ0) is 6.85. The summed E-state index contributed by atoms with van der Waals surface area (Å²) in [4.78, 5) is 20.7. The van der Waals surface area contributed by atoms with Gasteiger partial charge in [-0.3, -0.25) is 10.1 Å². The topological polar surface area (TPSA) is 55.4 Å². The van der Waals surface area contributed by atoms with Gasteiger partial charge in [0.1, 0.15) is 0 Å². The van der Waals surface area contributed by atoms with Crippen molar-refractivity contribution in [2.75, 3.05) is 0 Å². The number of allylic oxidation sites excluding steroid dienone is 1. The van der Waals surface area contributed by atoms with E-state index in [0.717, 1.165) is 0 Å². The summed E-state index contributed by atoms with van der Waals surface area (Å²) in [6.45, 7) is 1.62. The Kier molecular flexibility index (Phi) is 1.22. The largest absolute Gasteiger partial charge is 0.419 e. The number of imide groups is 1. The number of amides is 2. The van der Waals surface area contributed by atoms with Crippen molar-refractivity contribution in [1.29, 1.82) is 0 Å². The molecule has 0 radical (unpaired) electrons. The van der Waals surface area contributed by atoms with Crippen LogP contribution in [0.3, 0.4) is 0 Å². The lowest BCUT2D eigenvalue weighted by Gasteiger charge is -1.84. The second kappa shape index (κ2) is 1.89. The number of hydrogen-bond donors (Lipinski definition) is 1. The molecule has 0 atom stereocenters. The molecule has 0 aromatic heterocycles. The molecule has 1 aliphatic rings. The van der Waals surface area contributed by atoms with Gasteiger partial charge in [0, 0.05) is 0 Å². The summed E-state index contributed by atoms with van der Waals surface area (Å²) in [5.41, 5.74) is 0. The van der Waals surface area contributed by atoms with E-state index >= 15 is 0 Å². The normalized spacial score (nSPS) is 22.1. The van der Waals surface area contributed by atoms with Crippen molar-refractivity contribution in [3.63, 3.8) is 0 Å². The predicted molar refractivity (Wildman–Crippen MR) is 28.4 cm³/mol. The highest BCUT2D eigenvalue weighted by atomic mass is 16.6. The van der Waals surface area contributed by atoms with E-state index in [-0.39, 0.29) is 5.76 Å². The van der Waals surface area contributed by atoms with Crippen LogP contribution < -0.4 is 5.32 Å². The molecule has 48 valence electrons. The van der Waals surface area contributed by atoms with Gasteiger partial charge in [0.15, 0.2) is 5.76 Å². The van der Waals surface area contributed by atoms with Gasteiger partial charge in [-0.1, -0.05) is 0 Å². The molecule has 1 saturated heterocycles. The zero-order valence-corrected chi connectivity index (χ0v) is 4.80. The average Bonchev–Trinajstić information content (AvgIpc) is 2.10. The molecule has 9 heavy (non-hydrogen) atoms. The second-order valence-electron chi connectivity index (χ2n) is 1.50. The van der Waals surface area contributed by atoms with Crippen LogP contribution in [-0.2, 0) is 9.53 Å². The quantitative estimate of drug-likeness (QED) is 0.471. The standard InChI is InChI=1S/C5H5NO3/c1-2-3-4(7)6-5(8)9-3/h2H,1H3,(H,6,7,8)/b3-2-. The van der Waals surface area contributed by atoms with Crippen molar-refractivity contribution in [1.82, 2.24) is 5.32 Å². The summed E-state index contributed by atoms with van der Waals surface area (Å²) in [6, 6.07) is 0. The highest BCUT2D eigenvalue weighted by Crippen LogP contribution is 2.04. The monoisotopic (exact) mass is 127 g/mol. The van der Waals surface area contributed by atoms with Crippen LogP contribution in [0.1, 0.15) is 6.92 Å². The fraction of sp³-hybridized carbons (Fsp3) is 0.200. The number of carbonyl (C=O) groups is 2. The average molecular weight is 127 g/mol. The van der Waals surface area contributed by atoms with Crippen LogP contribution in [0.2, 0.25) is 0 Å².